The van der Waals surface area contributed by atoms with Gasteiger partial charge in [-0.2, -0.15) is 4.31 Å². The van der Waals surface area contributed by atoms with Crippen molar-refractivity contribution in [2.75, 3.05) is 19.7 Å². The second kappa shape index (κ2) is 9.21. The largest absolute Gasteiger partial charge is 0.466 e. The SMILES string of the molecule is CCOC(=O)C1CCCN(S(=O)(=O)c2cc(C(=O)NC3C4(C)CCC(C4)C3(C)C)ccc2Br)C1. The van der Waals surface area contributed by atoms with Gasteiger partial charge in [-0.3, -0.25) is 9.59 Å². The van der Waals surface area contributed by atoms with E-state index in [-0.39, 0.29) is 46.8 Å². The Morgan fingerprint density at radius 3 is 2.62 bits per heavy atom. The first-order valence-electron chi connectivity index (χ1n) is 12.2. The second-order valence-electron chi connectivity index (χ2n) is 10.9. The molecule has 1 amide bonds. The number of sulfonamides is 1. The van der Waals surface area contributed by atoms with Crippen molar-refractivity contribution in [2.45, 2.75) is 70.7 Å². The van der Waals surface area contributed by atoms with Crippen LogP contribution < -0.4 is 5.32 Å². The lowest BCUT2D eigenvalue weighted by Gasteiger charge is -2.43. The summed E-state index contributed by atoms with van der Waals surface area (Å²) in [4.78, 5) is 25.5. The second-order valence-corrected chi connectivity index (χ2v) is 13.7. The van der Waals surface area contributed by atoms with Crippen LogP contribution in [0.4, 0.5) is 0 Å². The van der Waals surface area contributed by atoms with Gasteiger partial charge in [-0.25, -0.2) is 8.42 Å². The molecule has 1 aromatic rings. The molecule has 2 saturated carbocycles. The van der Waals surface area contributed by atoms with E-state index in [1.165, 1.54) is 16.8 Å². The summed E-state index contributed by atoms with van der Waals surface area (Å²) >= 11 is 3.36. The van der Waals surface area contributed by atoms with Crippen LogP contribution in [0.3, 0.4) is 0 Å². The minimum atomic E-state index is -3.90. The zero-order valence-corrected chi connectivity index (χ0v) is 22.8. The Balaban J connectivity index is 1.56. The predicted octanol–water partition coefficient (Wildman–Crippen LogP) is 4.36. The molecule has 188 valence electrons. The van der Waals surface area contributed by atoms with Crippen molar-refractivity contribution < 1.29 is 22.7 Å². The van der Waals surface area contributed by atoms with Gasteiger partial charge in [-0.1, -0.05) is 20.8 Å². The number of nitrogens with one attached hydrogen (secondary N) is 1. The number of hydrogen-bond donors (Lipinski definition) is 1. The van der Waals surface area contributed by atoms with Crippen molar-refractivity contribution in [3.05, 3.63) is 28.2 Å². The normalized spacial score (nSPS) is 30.8. The van der Waals surface area contributed by atoms with E-state index in [0.717, 1.165) is 12.8 Å². The molecule has 0 aromatic heterocycles. The standard InChI is InChI=1S/C25H35BrN2O5S/c1-5-33-22(30)17-7-6-12-28(15-17)34(31,32)20-13-16(8-9-19(20)26)21(29)27-23-24(2,3)18-10-11-25(23,4)14-18/h8-9,13,17-18,23H,5-7,10-12,14-15H2,1-4H3,(H,27,29). The lowest BCUT2D eigenvalue weighted by atomic mass is 9.68. The van der Waals surface area contributed by atoms with Gasteiger partial charge < -0.3 is 10.1 Å². The van der Waals surface area contributed by atoms with Gasteiger partial charge in [0.2, 0.25) is 10.0 Å². The van der Waals surface area contributed by atoms with Crippen LogP contribution in [0.1, 0.15) is 70.2 Å². The molecule has 1 saturated heterocycles. The van der Waals surface area contributed by atoms with E-state index in [1.807, 2.05) is 0 Å². The molecule has 1 aliphatic heterocycles. The Kier molecular flexibility index (Phi) is 6.94. The van der Waals surface area contributed by atoms with Crippen LogP contribution in [0.15, 0.2) is 27.6 Å². The third-order valence-electron chi connectivity index (χ3n) is 8.36. The van der Waals surface area contributed by atoms with E-state index < -0.39 is 15.9 Å². The van der Waals surface area contributed by atoms with E-state index in [9.17, 15) is 18.0 Å². The number of rotatable bonds is 6. The number of halogens is 1. The lowest BCUT2D eigenvalue weighted by Crippen LogP contribution is -2.52. The van der Waals surface area contributed by atoms with Gasteiger partial charge in [0.1, 0.15) is 0 Å². The molecule has 4 rings (SSSR count). The first-order chi connectivity index (χ1) is 15.9. The summed E-state index contributed by atoms with van der Waals surface area (Å²) in [6.07, 6.45) is 4.59. The van der Waals surface area contributed by atoms with E-state index in [1.54, 1.807) is 19.1 Å². The third kappa shape index (κ3) is 4.44. The minimum absolute atomic E-state index is 0.00282. The van der Waals surface area contributed by atoms with Gasteiger partial charge in [0.15, 0.2) is 0 Å². The molecular formula is C25H35BrN2O5S. The number of ether oxygens (including phenoxy) is 1. The average Bonchev–Trinajstić information content (AvgIpc) is 3.28. The molecule has 1 heterocycles. The Bertz CT molecular complexity index is 1080. The van der Waals surface area contributed by atoms with Crippen molar-refractivity contribution in [1.29, 1.82) is 0 Å². The Labute approximate surface area is 211 Å². The Hall–Kier alpha value is -1.45. The van der Waals surface area contributed by atoms with Crippen molar-refractivity contribution in [2.24, 2.45) is 22.7 Å². The maximum Gasteiger partial charge on any atom is 0.310 e. The van der Waals surface area contributed by atoms with E-state index >= 15 is 0 Å². The minimum Gasteiger partial charge on any atom is -0.466 e. The molecular weight excluding hydrogens is 520 g/mol. The van der Waals surface area contributed by atoms with Crippen LogP contribution in [-0.4, -0.2) is 50.3 Å². The van der Waals surface area contributed by atoms with E-state index in [0.29, 0.717) is 35.3 Å². The highest BCUT2D eigenvalue weighted by Gasteiger charge is 2.59. The molecule has 2 aliphatic carbocycles. The number of carbonyl (C=O) groups is 2. The summed E-state index contributed by atoms with van der Waals surface area (Å²) in [7, 11) is -3.90. The summed E-state index contributed by atoms with van der Waals surface area (Å²) in [5, 5.41) is 3.25. The molecule has 3 fully saturated rings. The summed E-state index contributed by atoms with van der Waals surface area (Å²) in [5.41, 5.74) is 0.398. The lowest BCUT2D eigenvalue weighted by molar-refractivity contribution is -0.149. The number of amides is 1. The fourth-order valence-electron chi connectivity index (χ4n) is 6.47. The molecule has 1 aromatic carbocycles. The maximum atomic E-state index is 13.5. The fourth-order valence-corrected chi connectivity index (χ4v) is 8.95. The van der Waals surface area contributed by atoms with Gasteiger partial charge in [-0.15, -0.1) is 0 Å². The van der Waals surface area contributed by atoms with Gasteiger partial charge in [-0.05, 0) is 89.9 Å². The number of fused-ring (bicyclic) bond motifs is 2. The first kappa shape index (κ1) is 25.6. The highest BCUT2D eigenvalue weighted by atomic mass is 79.9. The third-order valence-corrected chi connectivity index (χ3v) is 11.2. The molecule has 2 bridgehead atoms. The van der Waals surface area contributed by atoms with Crippen molar-refractivity contribution >= 4 is 37.8 Å². The molecule has 0 spiro atoms. The van der Waals surface area contributed by atoms with Crippen LogP contribution in [0, 0.1) is 22.7 Å². The quantitative estimate of drug-likeness (QED) is 0.527. The fraction of sp³-hybridized carbons (Fsp3) is 0.680. The summed E-state index contributed by atoms with van der Waals surface area (Å²) in [5.74, 6) is -0.500. The summed E-state index contributed by atoms with van der Waals surface area (Å²) in [6, 6.07) is 4.76. The van der Waals surface area contributed by atoms with Crippen molar-refractivity contribution in [3.8, 4) is 0 Å². The smallest absolute Gasteiger partial charge is 0.310 e. The number of nitrogens with zero attached hydrogens (tertiary/aromatic N) is 1. The molecule has 4 unspecified atom stereocenters. The van der Waals surface area contributed by atoms with Crippen molar-refractivity contribution in [3.63, 3.8) is 0 Å². The molecule has 7 nitrogen and oxygen atoms in total. The average molecular weight is 556 g/mol. The van der Waals surface area contributed by atoms with Gasteiger partial charge in [0, 0.05) is 29.2 Å². The summed E-state index contributed by atoms with van der Waals surface area (Å²) in [6.45, 7) is 9.11. The van der Waals surface area contributed by atoms with Crippen LogP contribution in [0.2, 0.25) is 0 Å². The molecule has 34 heavy (non-hydrogen) atoms. The molecule has 0 radical (unpaired) electrons. The summed E-state index contributed by atoms with van der Waals surface area (Å²) < 4.78 is 33.9. The molecule has 9 heteroatoms. The molecule has 1 N–H and O–H groups in total. The van der Waals surface area contributed by atoms with Gasteiger partial charge in [0.25, 0.3) is 5.91 Å². The van der Waals surface area contributed by atoms with Crippen LogP contribution in [-0.2, 0) is 19.6 Å². The van der Waals surface area contributed by atoms with Crippen LogP contribution in [0.25, 0.3) is 0 Å². The van der Waals surface area contributed by atoms with Crippen LogP contribution >= 0.6 is 15.9 Å². The van der Waals surface area contributed by atoms with Gasteiger partial charge >= 0.3 is 5.97 Å². The highest BCUT2D eigenvalue weighted by Crippen LogP contribution is 2.62. The Morgan fingerprint density at radius 1 is 1.24 bits per heavy atom. The number of esters is 1. The van der Waals surface area contributed by atoms with E-state index in [4.69, 9.17) is 4.74 Å². The number of benzene rings is 1. The zero-order valence-electron chi connectivity index (χ0n) is 20.4. The van der Waals surface area contributed by atoms with Crippen LogP contribution in [0.5, 0.6) is 0 Å². The topological polar surface area (TPSA) is 92.8 Å². The van der Waals surface area contributed by atoms with Gasteiger partial charge in [0.05, 0.1) is 17.4 Å². The monoisotopic (exact) mass is 554 g/mol. The zero-order chi connectivity index (χ0) is 24.9. The first-order valence-corrected chi connectivity index (χ1v) is 14.4. The predicted molar refractivity (Wildman–Crippen MR) is 133 cm³/mol. The van der Waals surface area contributed by atoms with Crippen molar-refractivity contribution in [1.82, 2.24) is 9.62 Å². The number of hydrogen-bond acceptors (Lipinski definition) is 5. The molecule has 3 aliphatic rings. The number of carbonyl (C=O) groups excluding carboxylic acids is 2. The van der Waals surface area contributed by atoms with E-state index in [2.05, 4.69) is 42.0 Å². The maximum absolute atomic E-state index is 13.5. The highest BCUT2D eigenvalue weighted by molar-refractivity contribution is 9.10. The Morgan fingerprint density at radius 2 is 1.97 bits per heavy atom. The number of piperidine rings is 1. The molecule has 4 atom stereocenters.